The van der Waals surface area contributed by atoms with Crippen molar-refractivity contribution in [2.45, 2.75) is 33.0 Å². The number of rotatable bonds is 11. The van der Waals surface area contributed by atoms with Gasteiger partial charge in [-0.2, -0.15) is 0 Å². The average molecular weight is 549 g/mol. The molecule has 5 rings (SSSR count). The van der Waals surface area contributed by atoms with Gasteiger partial charge in [-0.15, -0.1) is 0 Å². The largest absolute Gasteiger partial charge is 0.497 e. The van der Waals surface area contributed by atoms with Gasteiger partial charge in [-0.1, -0.05) is 35.9 Å². The van der Waals surface area contributed by atoms with Crippen molar-refractivity contribution >= 4 is 23.4 Å². The van der Waals surface area contributed by atoms with E-state index in [0.29, 0.717) is 29.7 Å². The Morgan fingerprint density at radius 1 is 0.821 bits per heavy atom. The van der Waals surface area contributed by atoms with Gasteiger partial charge in [0.2, 0.25) is 0 Å². The molecular formula is C32H37ClN2O4. The summed E-state index contributed by atoms with van der Waals surface area (Å²) in [5, 5.41) is 0.586. The predicted molar refractivity (Wildman–Crippen MR) is 158 cm³/mol. The zero-order chi connectivity index (χ0) is 27.2. The maximum Gasteiger partial charge on any atom is 0.181 e. The lowest BCUT2D eigenvalue weighted by Crippen LogP contribution is -2.33. The van der Waals surface area contributed by atoms with Crippen LogP contribution in [0.2, 0.25) is 5.02 Å². The Balaban J connectivity index is 1.46. The molecule has 0 unspecified atom stereocenters. The zero-order valence-corrected chi connectivity index (χ0v) is 23.8. The summed E-state index contributed by atoms with van der Waals surface area (Å²) < 4.78 is 23.3. The second-order valence-electron chi connectivity index (χ2n) is 10.0. The molecule has 2 aliphatic heterocycles. The molecule has 0 saturated carbocycles. The molecular weight excluding hydrogens is 512 g/mol. The monoisotopic (exact) mass is 548 g/mol. The fourth-order valence-electron chi connectivity index (χ4n) is 5.20. The molecule has 7 heteroatoms. The minimum atomic E-state index is 0.364. The number of benzene rings is 3. The van der Waals surface area contributed by atoms with E-state index in [0.717, 1.165) is 53.5 Å². The number of nitrogens with zero attached hydrogens (tertiary/aromatic N) is 2. The Bertz CT molecular complexity index is 1290. The van der Waals surface area contributed by atoms with Crippen LogP contribution in [-0.4, -0.2) is 51.8 Å². The van der Waals surface area contributed by atoms with Crippen molar-refractivity contribution in [3.05, 3.63) is 81.9 Å². The summed E-state index contributed by atoms with van der Waals surface area (Å²) in [7, 11) is 3.33. The number of fused-ring (bicyclic) bond motifs is 1. The molecule has 0 atom stereocenters. The normalized spacial score (nSPS) is 15.1. The highest BCUT2D eigenvalue weighted by Crippen LogP contribution is 2.46. The summed E-state index contributed by atoms with van der Waals surface area (Å²) in [5.74, 6) is 2.82. The fourth-order valence-corrected chi connectivity index (χ4v) is 5.50. The molecule has 0 aliphatic carbocycles. The van der Waals surface area contributed by atoms with E-state index in [9.17, 15) is 0 Å². The SMILES string of the molecule is CCN1CC(CN2CCCC2)=Cc2c1cc(OCc1ccc(OC)cc1)c(OCc1ccc(OC)cc1)c2Cl. The highest BCUT2D eigenvalue weighted by atomic mass is 35.5. The predicted octanol–water partition coefficient (Wildman–Crippen LogP) is 6.83. The summed E-state index contributed by atoms with van der Waals surface area (Å²) in [6, 6.07) is 17.8. The van der Waals surface area contributed by atoms with Crippen LogP contribution < -0.4 is 23.8 Å². The highest BCUT2D eigenvalue weighted by Gasteiger charge is 2.26. The fraction of sp³-hybridized carbons (Fsp3) is 0.375. The summed E-state index contributed by atoms with van der Waals surface area (Å²) in [6.45, 7) is 8.01. The lowest BCUT2D eigenvalue weighted by atomic mass is 10.0. The second kappa shape index (κ2) is 12.7. The van der Waals surface area contributed by atoms with Gasteiger partial charge >= 0.3 is 0 Å². The van der Waals surface area contributed by atoms with Crippen molar-refractivity contribution in [2.75, 3.05) is 51.8 Å². The summed E-state index contributed by atoms with van der Waals surface area (Å²) >= 11 is 7.14. The molecule has 3 aromatic rings. The Labute approximate surface area is 236 Å². The molecule has 0 spiro atoms. The van der Waals surface area contributed by atoms with Crippen molar-refractivity contribution in [2.24, 2.45) is 0 Å². The van der Waals surface area contributed by atoms with E-state index in [-0.39, 0.29) is 0 Å². The molecule has 0 N–H and O–H groups in total. The van der Waals surface area contributed by atoms with Crippen LogP contribution in [0.5, 0.6) is 23.0 Å². The quantitative estimate of drug-likeness (QED) is 0.261. The Kier molecular flexibility index (Phi) is 8.84. The van der Waals surface area contributed by atoms with E-state index in [1.807, 2.05) is 48.5 Å². The molecule has 0 amide bonds. The van der Waals surface area contributed by atoms with Crippen molar-refractivity contribution in [1.82, 2.24) is 4.90 Å². The van der Waals surface area contributed by atoms with E-state index < -0.39 is 0 Å². The van der Waals surface area contributed by atoms with Crippen LogP contribution in [0.4, 0.5) is 5.69 Å². The molecule has 206 valence electrons. The molecule has 2 heterocycles. The molecule has 0 aromatic heterocycles. The summed E-state index contributed by atoms with van der Waals surface area (Å²) in [6.07, 6.45) is 4.82. The van der Waals surface area contributed by atoms with Crippen molar-refractivity contribution < 1.29 is 18.9 Å². The second-order valence-corrected chi connectivity index (χ2v) is 10.4. The van der Waals surface area contributed by atoms with E-state index in [4.69, 9.17) is 30.5 Å². The third-order valence-electron chi connectivity index (χ3n) is 7.39. The van der Waals surface area contributed by atoms with Crippen LogP contribution in [-0.2, 0) is 13.2 Å². The summed E-state index contributed by atoms with van der Waals surface area (Å²) in [5.41, 5.74) is 5.51. The van der Waals surface area contributed by atoms with Crippen LogP contribution >= 0.6 is 11.6 Å². The minimum absolute atomic E-state index is 0.364. The minimum Gasteiger partial charge on any atom is -0.497 e. The number of halogens is 1. The van der Waals surface area contributed by atoms with Crippen LogP contribution in [0, 0.1) is 0 Å². The maximum absolute atomic E-state index is 7.14. The number of methoxy groups -OCH3 is 2. The third-order valence-corrected chi connectivity index (χ3v) is 7.76. The number of likely N-dealkylation sites (N-methyl/N-ethyl adjacent to an activating group) is 1. The van der Waals surface area contributed by atoms with Crippen LogP contribution in [0.25, 0.3) is 6.08 Å². The molecule has 1 fully saturated rings. The molecule has 0 radical (unpaired) electrons. The first-order valence-electron chi connectivity index (χ1n) is 13.6. The van der Waals surface area contributed by atoms with E-state index in [1.54, 1.807) is 14.2 Å². The number of hydrogen-bond donors (Lipinski definition) is 0. The van der Waals surface area contributed by atoms with Crippen molar-refractivity contribution in [3.63, 3.8) is 0 Å². The molecule has 3 aromatic carbocycles. The molecule has 2 aliphatic rings. The third kappa shape index (κ3) is 6.45. The number of hydrogen-bond acceptors (Lipinski definition) is 6. The smallest absolute Gasteiger partial charge is 0.181 e. The van der Waals surface area contributed by atoms with Gasteiger partial charge in [-0.25, -0.2) is 0 Å². The highest BCUT2D eigenvalue weighted by molar-refractivity contribution is 6.34. The van der Waals surface area contributed by atoms with Gasteiger partial charge in [0, 0.05) is 37.0 Å². The van der Waals surface area contributed by atoms with E-state index >= 15 is 0 Å². The van der Waals surface area contributed by atoms with Crippen molar-refractivity contribution in [3.8, 4) is 23.0 Å². The first kappa shape index (κ1) is 27.2. The topological polar surface area (TPSA) is 43.4 Å². The zero-order valence-electron chi connectivity index (χ0n) is 23.0. The Morgan fingerprint density at radius 2 is 1.41 bits per heavy atom. The van der Waals surface area contributed by atoms with Gasteiger partial charge in [-0.05, 0) is 79.9 Å². The molecule has 0 bridgehead atoms. The molecule has 39 heavy (non-hydrogen) atoms. The first-order chi connectivity index (χ1) is 19.1. The van der Waals surface area contributed by atoms with Gasteiger partial charge in [0.05, 0.1) is 19.2 Å². The van der Waals surface area contributed by atoms with Crippen LogP contribution in [0.3, 0.4) is 0 Å². The Morgan fingerprint density at radius 3 is 1.97 bits per heavy atom. The lowest BCUT2D eigenvalue weighted by molar-refractivity contribution is 0.256. The number of anilines is 1. The summed E-state index contributed by atoms with van der Waals surface area (Å²) in [4.78, 5) is 4.91. The van der Waals surface area contributed by atoms with Gasteiger partial charge in [0.15, 0.2) is 11.5 Å². The van der Waals surface area contributed by atoms with Crippen LogP contribution in [0.1, 0.15) is 36.5 Å². The first-order valence-corrected chi connectivity index (χ1v) is 14.0. The molecule has 1 saturated heterocycles. The van der Waals surface area contributed by atoms with Gasteiger partial charge < -0.3 is 23.8 Å². The maximum atomic E-state index is 7.14. The van der Waals surface area contributed by atoms with Gasteiger partial charge in [0.25, 0.3) is 0 Å². The number of likely N-dealkylation sites (tertiary alicyclic amines) is 1. The molecule has 6 nitrogen and oxygen atoms in total. The van der Waals surface area contributed by atoms with E-state index in [1.165, 1.54) is 31.5 Å². The lowest BCUT2D eigenvalue weighted by Gasteiger charge is -2.33. The van der Waals surface area contributed by atoms with Crippen LogP contribution in [0.15, 0.2) is 60.2 Å². The number of ether oxygens (including phenoxy) is 4. The average Bonchev–Trinajstić information content (AvgIpc) is 3.49. The Hall–Kier alpha value is -3.35. The van der Waals surface area contributed by atoms with Gasteiger partial charge in [0.1, 0.15) is 24.7 Å². The van der Waals surface area contributed by atoms with Crippen molar-refractivity contribution in [1.29, 1.82) is 0 Å². The van der Waals surface area contributed by atoms with E-state index in [2.05, 4.69) is 28.9 Å². The van der Waals surface area contributed by atoms with Gasteiger partial charge in [-0.3, -0.25) is 4.90 Å². The standard InChI is InChI=1S/C32H37ClN2O4/c1-4-35-20-25(19-34-15-5-6-16-34)17-28-29(35)18-30(38-21-23-7-11-26(36-2)12-8-23)32(31(28)33)39-22-24-9-13-27(37-3)14-10-24/h7-14,17-18H,4-6,15-16,19-22H2,1-3H3.